The lowest BCUT2D eigenvalue weighted by Crippen LogP contribution is -2.49. The van der Waals surface area contributed by atoms with Crippen LogP contribution in [0.4, 0.5) is 0 Å². The molecule has 0 heterocycles. The van der Waals surface area contributed by atoms with E-state index in [0.29, 0.717) is 24.2 Å². The van der Waals surface area contributed by atoms with Crippen LogP contribution in [0.3, 0.4) is 0 Å². The first-order chi connectivity index (χ1) is 22.1. The van der Waals surface area contributed by atoms with Gasteiger partial charge in [-0.25, -0.2) is 4.79 Å². The molecule has 18 nitrogen and oxygen atoms in total. The summed E-state index contributed by atoms with van der Waals surface area (Å²) in [6.07, 6.45) is -1.22. The summed E-state index contributed by atoms with van der Waals surface area (Å²) in [6, 6.07) is -1.98. The Morgan fingerprint density at radius 3 is 1.66 bits per heavy atom. The zero-order chi connectivity index (χ0) is 35.7. The number of ether oxygens (including phenoxy) is 4. The number of amides is 4. The summed E-state index contributed by atoms with van der Waals surface area (Å²) in [5, 5.41) is 28.6. The second kappa shape index (κ2) is 25.4. The molecule has 0 rings (SSSR count). The number of carboxylic acid groups (broad SMARTS) is 2. The molecule has 0 aliphatic carbocycles. The van der Waals surface area contributed by atoms with Gasteiger partial charge >= 0.3 is 11.9 Å². The minimum Gasteiger partial charge on any atom is -0.481 e. The molecule has 0 aromatic carbocycles. The second-order valence-electron chi connectivity index (χ2n) is 11.6. The number of likely N-dealkylation sites (N-methyl/N-ethyl adjacent to an activating group) is 1. The third-order valence-corrected chi connectivity index (χ3v) is 5.85. The van der Waals surface area contributed by atoms with Crippen LogP contribution in [0.2, 0.25) is 0 Å². The Hall–Kier alpha value is -3.71. The first-order valence-corrected chi connectivity index (χ1v) is 15.3. The van der Waals surface area contributed by atoms with Crippen LogP contribution in [-0.4, -0.2) is 162 Å². The Morgan fingerprint density at radius 1 is 0.638 bits per heavy atom. The molecule has 0 aliphatic heterocycles. The van der Waals surface area contributed by atoms with Crippen molar-refractivity contribution in [2.24, 2.45) is 0 Å². The van der Waals surface area contributed by atoms with Gasteiger partial charge in [-0.15, -0.1) is 0 Å². The van der Waals surface area contributed by atoms with Gasteiger partial charge in [0.25, 0.3) is 0 Å². The topological polar surface area (TPSA) is 245 Å². The average Bonchev–Trinajstić information content (AvgIpc) is 2.95. The number of rotatable bonds is 29. The molecule has 0 bridgehead atoms. The van der Waals surface area contributed by atoms with Gasteiger partial charge in [-0.2, -0.15) is 0 Å². The summed E-state index contributed by atoms with van der Waals surface area (Å²) in [6.45, 7) is 3.44. The Bertz CT molecular complexity index is 1000. The molecule has 2 unspecified atom stereocenters. The van der Waals surface area contributed by atoms with Crippen LogP contribution in [0.15, 0.2) is 0 Å². The number of Topliss-reactive ketones (excluding diaryl/α,β-unsaturated/α-hetero) is 1. The predicted octanol–water partition coefficient (Wildman–Crippen LogP) is -2.33. The van der Waals surface area contributed by atoms with E-state index in [9.17, 15) is 38.7 Å². The van der Waals surface area contributed by atoms with Crippen LogP contribution in [0.25, 0.3) is 0 Å². The number of carboxylic acids is 2. The number of nitrogens with zero attached hydrogens (tertiary/aromatic N) is 1. The minimum absolute atomic E-state index is 0.0411. The summed E-state index contributed by atoms with van der Waals surface area (Å²) >= 11 is 0. The van der Waals surface area contributed by atoms with E-state index < -0.39 is 41.7 Å². The summed E-state index contributed by atoms with van der Waals surface area (Å²) in [4.78, 5) is 81.7. The fourth-order valence-electron chi connectivity index (χ4n) is 3.84. The van der Waals surface area contributed by atoms with Crippen molar-refractivity contribution < 1.29 is 67.2 Å². The highest BCUT2D eigenvalue weighted by molar-refractivity contribution is 5.87. The molecule has 0 radical (unpaired) electrons. The van der Waals surface area contributed by atoms with Crippen molar-refractivity contribution >= 4 is 41.4 Å². The van der Waals surface area contributed by atoms with E-state index in [2.05, 4.69) is 21.3 Å². The third kappa shape index (κ3) is 28.3. The molecule has 0 aliphatic rings. The Morgan fingerprint density at radius 2 is 1.15 bits per heavy atom. The van der Waals surface area contributed by atoms with Crippen molar-refractivity contribution in [2.75, 3.05) is 93.6 Å². The number of aliphatic carboxylic acids is 2. The number of ketones is 1. The van der Waals surface area contributed by atoms with E-state index >= 15 is 0 Å². The fourth-order valence-corrected chi connectivity index (χ4v) is 3.84. The summed E-state index contributed by atoms with van der Waals surface area (Å²) in [7, 11) is 5.54. The zero-order valence-corrected chi connectivity index (χ0v) is 27.8. The number of nitrogens with one attached hydrogen (secondary N) is 4. The number of quaternary nitrogens is 1. The van der Waals surface area contributed by atoms with Crippen LogP contribution in [-0.2, 0) is 52.5 Å². The van der Waals surface area contributed by atoms with E-state index in [0.717, 1.165) is 0 Å². The molecular weight excluding hydrogens is 626 g/mol. The molecule has 4 amide bonds. The number of carbonyl (C=O) groups is 7. The van der Waals surface area contributed by atoms with Crippen molar-refractivity contribution in [3.05, 3.63) is 0 Å². The lowest BCUT2D eigenvalue weighted by atomic mass is 10.1. The predicted molar refractivity (Wildman–Crippen MR) is 165 cm³/mol. The van der Waals surface area contributed by atoms with E-state index in [4.69, 9.17) is 24.1 Å². The van der Waals surface area contributed by atoms with E-state index in [-0.39, 0.29) is 96.6 Å². The largest absolute Gasteiger partial charge is 0.481 e. The van der Waals surface area contributed by atoms with Crippen LogP contribution in [0.5, 0.6) is 0 Å². The molecule has 47 heavy (non-hydrogen) atoms. The van der Waals surface area contributed by atoms with E-state index in [1.54, 1.807) is 0 Å². The molecule has 18 heteroatoms. The Balaban J connectivity index is 4.04. The number of hydrogen-bond donors (Lipinski definition) is 6. The standard InChI is InChI=1S/C29H51N5O13/c1-21(35)19-46-15-13-45-12-10-31-27(39)20-47-16-14-44-11-9-30-24(36)6-5-23(29(42)43)33-26(38)8-7-25(37)32-22(17-28(40)41)18-34(2,3)4/h22-23H,5-20H2,1-4H3,(H5-,30,31,32,33,36,37,38,39,40,41,42,43)/p+1. The third-order valence-electron chi connectivity index (χ3n) is 5.85. The monoisotopic (exact) mass is 678 g/mol. The van der Waals surface area contributed by atoms with Crippen molar-refractivity contribution in [2.45, 2.75) is 51.1 Å². The second-order valence-corrected chi connectivity index (χ2v) is 11.6. The first kappa shape index (κ1) is 43.3. The van der Waals surface area contributed by atoms with Gasteiger partial charge in [0.15, 0.2) is 5.78 Å². The number of hydrogen-bond acceptors (Lipinski definition) is 11. The van der Waals surface area contributed by atoms with Gasteiger partial charge in [0, 0.05) is 32.4 Å². The first-order valence-electron chi connectivity index (χ1n) is 15.3. The molecule has 0 saturated heterocycles. The van der Waals surface area contributed by atoms with Crippen LogP contribution in [0.1, 0.15) is 39.0 Å². The fraction of sp³-hybridized carbons (Fsp3) is 0.759. The van der Waals surface area contributed by atoms with Crippen molar-refractivity contribution in [3.63, 3.8) is 0 Å². The van der Waals surface area contributed by atoms with E-state index in [1.807, 2.05) is 21.1 Å². The summed E-state index contributed by atoms with van der Waals surface area (Å²) in [5.74, 6) is -4.48. The molecule has 0 spiro atoms. The lowest BCUT2D eigenvalue weighted by molar-refractivity contribution is -0.871. The minimum atomic E-state index is -1.34. The molecule has 0 aromatic rings. The lowest BCUT2D eigenvalue weighted by Gasteiger charge is -2.29. The van der Waals surface area contributed by atoms with Crippen molar-refractivity contribution in [1.82, 2.24) is 21.3 Å². The van der Waals surface area contributed by atoms with Gasteiger partial charge in [0.2, 0.25) is 23.6 Å². The van der Waals surface area contributed by atoms with Gasteiger partial charge in [-0.3, -0.25) is 28.8 Å². The molecule has 0 saturated carbocycles. The maximum absolute atomic E-state index is 12.3. The van der Waals surface area contributed by atoms with Gasteiger partial charge in [0.05, 0.1) is 79.8 Å². The number of carbonyl (C=O) groups excluding carboxylic acids is 5. The van der Waals surface area contributed by atoms with Crippen LogP contribution >= 0.6 is 0 Å². The molecule has 6 N–H and O–H groups in total. The Kier molecular flexibility index (Phi) is 23.4. The van der Waals surface area contributed by atoms with Gasteiger partial charge in [-0.1, -0.05) is 0 Å². The molecule has 0 aromatic heterocycles. The van der Waals surface area contributed by atoms with Gasteiger partial charge < -0.3 is 54.9 Å². The quantitative estimate of drug-likeness (QED) is 0.0360. The maximum Gasteiger partial charge on any atom is 0.326 e. The normalized spacial score (nSPS) is 12.4. The van der Waals surface area contributed by atoms with Crippen molar-refractivity contribution in [3.8, 4) is 0 Å². The summed E-state index contributed by atoms with van der Waals surface area (Å²) in [5.41, 5.74) is 0. The molecule has 0 fully saturated rings. The van der Waals surface area contributed by atoms with Crippen molar-refractivity contribution in [1.29, 1.82) is 0 Å². The molecule has 2 atom stereocenters. The van der Waals surface area contributed by atoms with Crippen LogP contribution < -0.4 is 21.3 Å². The molecule has 270 valence electrons. The highest BCUT2D eigenvalue weighted by Crippen LogP contribution is 2.03. The average molecular weight is 679 g/mol. The smallest absolute Gasteiger partial charge is 0.326 e. The highest BCUT2D eigenvalue weighted by Gasteiger charge is 2.24. The Labute approximate surface area is 274 Å². The SMILES string of the molecule is CC(=O)COCCOCCNC(=O)COCCOCCNC(=O)CCC(NC(=O)CCC(=O)NC(CC(=O)O)C[N+](C)(C)C)C(=O)O. The van der Waals surface area contributed by atoms with Crippen LogP contribution in [0, 0.1) is 0 Å². The molecular formula is C29H52N5O13+. The van der Waals surface area contributed by atoms with E-state index in [1.165, 1.54) is 6.92 Å². The zero-order valence-electron chi connectivity index (χ0n) is 27.8. The summed E-state index contributed by atoms with van der Waals surface area (Å²) < 4.78 is 21.2. The maximum atomic E-state index is 12.3. The van der Waals surface area contributed by atoms with Gasteiger partial charge in [-0.05, 0) is 13.3 Å². The highest BCUT2D eigenvalue weighted by atomic mass is 16.5. The van der Waals surface area contributed by atoms with Gasteiger partial charge in [0.1, 0.15) is 19.3 Å².